The first-order chi connectivity index (χ1) is 15.8. The molecule has 0 N–H and O–H groups in total. The first-order valence-corrected chi connectivity index (χ1v) is 12.8. The molecule has 0 spiro atoms. The Hall–Kier alpha value is -2.85. The van der Waals surface area contributed by atoms with Crippen LogP contribution in [0.4, 0.5) is 5.69 Å². The molecule has 0 saturated heterocycles. The summed E-state index contributed by atoms with van der Waals surface area (Å²) in [6.45, 7) is 9.04. The van der Waals surface area contributed by atoms with Crippen LogP contribution in [0, 0.1) is 13.8 Å². The van der Waals surface area contributed by atoms with E-state index in [0.717, 1.165) is 41.0 Å². The van der Waals surface area contributed by atoms with Crippen molar-refractivity contribution in [3.05, 3.63) is 47.0 Å². The lowest BCUT2D eigenvalue weighted by Gasteiger charge is -2.30. The fourth-order valence-corrected chi connectivity index (χ4v) is 6.10. The number of sulfonamides is 1. The summed E-state index contributed by atoms with van der Waals surface area (Å²) in [4.78, 5) is 23.9. The summed E-state index contributed by atoms with van der Waals surface area (Å²) in [5.74, 6) is 0.577. The number of hydrogen-bond donors (Lipinski definition) is 0. The number of aromatic nitrogens is 4. The van der Waals surface area contributed by atoms with Gasteiger partial charge < -0.3 is 4.90 Å². The number of carbonyl (C=O) groups is 1. The van der Waals surface area contributed by atoms with Gasteiger partial charge in [0.15, 0.2) is 0 Å². The molecule has 3 aromatic rings. The van der Waals surface area contributed by atoms with Crippen LogP contribution >= 0.6 is 0 Å². The molecule has 0 aliphatic carbocycles. The second kappa shape index (κ2) is 9.18. The number of aryl methyl sites for hydroxylation is 3. The minimum atomic E-state index is -3.53. The van der Waals surface area contributed by atoms with Gasteiger partial charge in [-0.3, -0.25) is 4.79 Å². The molecular weight excluding hydrogens is 440 g/mol. The molecule has 1 aromatic carbocycles. The Kier molecular flexibility index (Phi) is 6.49. The SMILES string of the molecule is CCN(CC)S(=O)(=O)c1ccc2c(c1)CCCN2C(=O)CCc1c(C)nc2ncnn2c1C. The molecule has 0 unspecified atom stereocenters. The van der Waals surface area contributed by atoms with Crippen LogP contribution in [0.3, 0.4) is 0 Å². The molecule has 1 aliphatic rings. The van der Waals surface area contributed by atoms with Gasteiger partial charge in [0.1, 0.15) is 6.33 Å². The van der Waals surface area contributed by atoms with E-state index in [4.69, 9.17) is 0 Å². The van der Waals surface area contributed by atoms with Crippen LogP contribution in [0.1, 0.15) is 49.2 Å². The van der Waals surface area contributed by atoms with Crippen molar-refractivity contribution in [1.29, 1.82) is 0 Å². The number of carbonyl (C=O) groups excluding carboxylic acids is 1. The summed E-state index contributed by atoms with van der Waals surface area (Å²) in [5, 5.41) is 4.21. The Labute approximate surface area is 194 Å². The van der Waals surface area contributed by atoms with Gasteiger partial charge in [0.05, 0.1) is 4.90 Å². The third-order valence-electron chi connectivity index (χ3n) is 6.39. The average Bonchev–Trinajstić information content (AvgIpc) is 3.27. The number of nitrogens with zero attached hydrogens (tertiary/aromatic N) is 6. The average molecular weight is 471 g/mol. The highest BCUT2D eigenvalue weighted by Gasteiger charge is 2.27. The standard InChI is InChI=1S/C23H30N6O3S/c1-5-27(6-2)33(31,32)19-9-11-21-18(14-19)8-7-13-28(21)22(30)12-10-20-16(3)26-23-24-15-25-29(23)17(20)4/h9,11,14-15H,5-8,10,12-13H2,1-4H3. The van der Waals surface area contributed by atoms with Crippen molar-refractivity contribution >= 4 is 27.4 Å². The monoisotopic (exact) mass is 470 g/mol. The van der Waals surface area contributed by atoms with Crippen molar-refractivity contribution in [2.75, 3.05) is 24.5 Å². The van der Waals surface area contributed by atoms with Gasteiger partial charge in [-0.1, -0.05) is 13.8 Å². The van der Waals surface area contributed by atoms with Gasteiger partial charge >= 0.3 is 0 Å². The van der Waals surface area contributed by atoms with Crippen LogP contribution in [-0.2, 0) is 27.7 Å². The highest BCUT2D eigenvalue weighted by Crippen LogP contribution is 2.31. The van der Waals surface area contributed by atoms with Crippen LogP contribution in [0.2, 0.25) is 0 Å². The van der Waals surface area contributed by atoms with Gasteiger partial charge in [-0.05, 0) is 62.4 Å². The van der Waals surface area contributed by atoms with Gasteiger partial charge in [0.2, 0.25) is 15.9 Å². The third kappa shape index (κ3) is 4.24. The third-order valence-corrected chi connectivity index (χ3v) is 8.44. The summed E-state index contributed by atoms with van der Waals surface area (Å²) in [7, 11) is -3.53. The fraction of sp³-hybridized carbons (Fsp3) is 0.478. The van der Waals surface area contributed by atoms with Gasteiger partial charge in [-0.25, -0.2) is 17.9 Å². The van der Waals surface area contributed by atoms with E-state index in [1.54, 1.807) is 27.6 Å². The van der Waals surface area contributed by atoms with Gasteiger partial charge in [0, 0.05) is 43.1 Å². The molecule has 3 heterocycles. The van der Waals surface area contributed by atoms with Crippen LogP contribution in [-0.4, -0.2) is 57.8 Å². The predicted octanol–water partition coefficient (Wildman–Crippen LogP) is 2.68. The number of fused-ring (bicyclic) bond motifs is 2. The normalized spacial score (nSPS) is 14.2. The molecule has 0 radical (unpaired) electrons. The smallest absolute Gasteiger partial charge is 0.252 e. The van der Waals surface area contributed by atoms with E-state index in [2.05, 4.69) is 15.1 Å². The van der Waals surface area contributed by atoms with Crippen LogP contribution in [0.5, 0.6) is 0 Å². The van der Waals surface area contributed by atoms with Crippen LogP contribution in [0.15, 0.2) is 29.4 Å². The minimum Gasteiger partial charge on any atom is -0.312 e. The summed E-state index contributed by atoms with van der Waals surface area (Å²) in [6, 6.07) is 5.14. The second-order valence-corrected chi connectivity index (χ2v) is 10.2. The molecule has 2 aromatic heterocycles. The Morgan fingerprint density at radius 2 is 1.94 bits per heavy atom. The van der Waals surface area contributed by atoms with E-state index in [0.29, 0.717) is 38.3 Å². The number of rotatable bonds is 7. The Morgan fingerprint density at radius 3 is 2.67 bits per heavy atom. The molecule has 0 fully saturated rings. The molecule has 0 saturated carbocycles. The maximum Gasteiger partial charge on any atom is 0.252 e. The topological polar surface area (TPSA) is 101 Å². The van der Waals surface area contributed by atoms with Crippen molar-refractivity contribution < 1.29 is 13.2 Å². The van der Waals surface area contributed by atoms with E-state index < -0.39 is 10.0 Å². The first kappa shape index (κ1) is 23.3. The zero-order valence-electron chi connectivity index (χ0n) is 19.6. The molecule has 0 atom stereocenters. The highest BCUT2D eigenvalue weighted by atomic mass is 32.2. The lowest BCUT2D eigenvalue weighted by molar-refractivity contribution is -0.118. The lowest BCUT2D eigenvalue weighted by Crippen LogP contribution is -2.36. The lowest BCUT2D eigenvalue weighted by atomic mass is 10.0. The van der Waals surface area contributed by atoms with Crippen LogP contribution in [0.25, 0.3) is 5.78 Å². The second-order valence-electron chi connectivity index (χ2n) is 8.26. The van der Waals surface area contributed by atoms with E-state index in [1.165, 1.54) is 10.6 Å². The maximum atomic E-state index is 13.2. The maximum absolute atomic E-state index is 13.2. The van der Waals surface area contributed by atoms with Crippen molar-refractivity contribution in [3.8, 4) is 0 Å². The molecule has 10 heteroatoms. The molecule has 176 valence electrons. The zero-order chi connectivity index (χ0) is 23.8. The Morgan fingerprint density at radius 1 is 1.18 bits per heavy atom. The van der Waals surface area contributed by atoms with E-state index in [9.17, 15) is 13.2 Å². The number of benzene rings is 1. The van der Waals surface area contributed by atoms with Crippen molar-refractivity contribution in [1.82, 2.24) is 23.9 Å². The fourth-order valence-electron chi connectivity index (χ4n) is 4.59. The zero-order valence-corrected chi connectivity index (χ0v) is 20.4. The molecule has 1 aliphatic heterocycles. The summed E-state index contributed by atoms with van der Waals surface area (Å²) in [5.41, 5.74) is 4.50. The van der Waals surface area contributed by atoms with Gasteiger partial charge in [0.25, 0.3) is 5.78 Å². The quantitative estimate of drug-likeness (QED) is 0.526. The molecule has 4 rings (SSSR count). The molecule has 0 bridgehead atoms. The van der Waals surface area contributed by atoms with E-state index in [-0.39, 0.29) is 10.8 Å². The van der Waals surface area contributed by atoms with Crippen molar-refractivity contribution in [2.45, 2.75) is 58.3 Å². The van der Waals surface area contributed by atoms with Crippen molar-refractivity contribution in [3.63, 3.8) is 0 Å². The highest BCUT2D eigenvalue weighted by molar-refractivity contribution is 7.89. The number of anilines is 1. The summed E-state index contributed by atoms with van der Waals surface area (Å²) < 4.78 is 29.0. The number of hydrogen-bond acceptors (Lipinski definition) is 6. The molecule has 1 amide bonds. The van der Waals surface area contributed by atoms with Crippen LogP contribution < -0.4 is 4.90 Å². The Bertz CT molecular complexity index is 1300. The summed E-state index contributed by atoms with van der Waals surface area (Å²) in [6.07, 6.45) is 3.93. The molecule has 9 nitrogen and oxygen atoms in total. The van der Waals surface area contributed by atoms with Gasteiger partial charge in [-0.2, -0.15) is 14.4 Å². The number of amides is 1. The predicted molar refractivity (Wildman–Crippen MR) is 126 cm³/mol. The molecule has 33 heavy (non-hydrogen) atoms. The van der Waals surface area contributed by atoms with Crippen molar-refractivity contribution in [2.24, 2.45) is 0 Å². The largest absolute Gasteiger partial charge is 0.312 e. The minimum absolute atomic E-state index is 0.0211. The Balaban J connectivity index is 1.55. The van der Waals surface area contributed by atoms with E-state index in [1.807, 2.05) is 27.7 Å². The summed E-state index contributed by atoms with van der Waals surface area (Å²) >= 11 is 0. The molecular formula is C23H30N6O3S. The van der Waals surface area contributed by atoms with Gasteiger partial charge in [-0.15, -0.1) is 0 Å². The van der Waals surface area contributed by atoms with E-state index >= 15 is 0 Å². The first-order valence-electron chi connectivity index (χ1n) is 11.4.